The lowest BCUT2D eigenvalue weighted by atomic mass is 10.0. The van der Waals surface area contributed by atoms with Gasteiger partial charge in [0.25, 0.3) is 0 Å². The zero-order valence-electron chi connectivity index (χ0n) is 16.0. The number of pyridine rings is 1. The second-order valence-electron chi connectivity index (χ2n) is 7.09. The Bertz CT molecular complexity index is 1040. The Morgan fingerprint density at radius 1 is 1.00 bits per heavy atom. The first-order valence-corrected chi connectivity index (χ1v) is 8.89. The number of carbonyl (C=O) groups is 2. The number of nitrogens with zero attached hydrogens (tertiary/aromatic N) is 1. The second kappa shape index (κ2) is 7.19. The fourth-order valence-electron chi connectivity index (χ4n) is 2.91. The summed E-state index contributed by atoms with van der Waals surface area (Å²) in [5, 5.41) is 3.98. The van der Waals surface area contributed by atoms with E-state index in [0.717, 1.165) is 39.0 Å². The molecule has 0 bridgehead atoms. The van der Waals surface area contributed by atoms with Crippen molar-refractivity contribution in [3.63, 3.8) is 0 Å². The number of hydrogen-bond donors (Lipinski definition) is 2. The number of aromatic nitrogens is 1. The highest BCUT2D eigenvalue weighted by Crippen LogP contribution is 2.29. The number of nitrogens with two attached hydrogens (primary N) is 1. The molecule has 0 aliphatic rings. The summed E-state index contributed by atoms with van der Waals surface area (Å²) in [4.78, 5) is 28.1. The van der Waals surface area contributed by atoms with Gasteiger partial charge in [0.1, 0.15) is 0 Å². The van der Waals surface area contributed by atoms with Crippen LogP contribution in [0.3, 0.4) is 0 Å². The molecule has 0 aliphatic carbocycles. The summed E-state index contributed by atoms with van der Waals surface area (Å²) >= 11 is 0. The number of rotatable bonds is 4. The first kappa shape index (κ1) is 18.6. The number of carbonyl (C=O) groups excluding carboxylic acids is 2. The fraction of sp³-hybridized carbons (Fsp3) is 0.227. The molecule has 27 heavy (non-hydrogen) atoms. The molecule has 3 aromatic rings. The van der Waals surface area contributed by atoms with E-state index in [1.54, 1.807) is 12.1 Å². The Morgan fingerprint density at radius 3 is 2.26 bits per heavy atom. The first-order chi connectivity index (χ1) is 12.8. The van der Waals surface area contributed by atoms with Gasteiger partial charge in [0, 0.05) is 28.1 Å². The highest BCUT2D eigenvalue weighted by molar-refractivity contribution is 5.97. The van der Waals surface area contributed by atoms with Gasteiger partial charge in [-0.3, -0.25) is 9.59 Å². The van der Waals surface area contributed by atoms with E-state index in [4.69, 9.17) is 10.7 Å². The molecule has 3 N–H and O–H groups in total. The van der Waals surface area contributed by atoms with Crippen LogP contribution in [0.2, 0.25) is 0 Å². The lowest BCUT2D eigenvalue weighted by Crippen LogP contribution is -2.18. The topological polar surface area (TPSA) is 85.1 Å². The van der Waals surface area contributed by atoms with E-state index >= 15 is 0 Å². The van der Waals surface area contributed by atoms with E-state index in [-0.39, 0.29) is 11.8 Å². The lowest BCUT2D eigenvalue weighted by molar-refractivity contribution is -0.118. The number of anilines is 1. The summed E-state index contributed by atoms with van der Waals surface area (Å²) in [6, 6.07) is 13.1. The number of fused-ring (bicyclic) bond motifs is 1. The third-order valence-electron chi connectivity index (χ3n) is 4.61. The molecule has 0 unspecified atom stereocenters. The van der Waals surface area contributed by atoms with Crippen LogP contribution in [0.1, 0.15) is 35.3 Å². The highest BCUT2D eigenvalue weighted by atomic mass is 16.2. The summed E-state index contributed by atoms with van der Waals surface area (Å²) in [5.41, 5.74) is 11.2. The maximum atomic E-state index is 12.0. The number of benzene rings is 2. The largest absolute Gasteiger partial charge is 0.366 e. The standard InChI is InChI=1S/C22H23N3O2/c1-12(2)22(27)25-18-11-17-13(3)9-19(24-20(17)10-14(18)4)15-5-7-16(8-6-15)21(23)26/h5-12H,1-4H3,(H2,23,26)(H,25,27). The number of primary amides is 1. The third-order valence-corrected chi connectivity index (χ3v) is 4.61. The van der Waals surface area contributed by atoms with E-state index < -0.39 is 5.91 Å². The predicted molar refractivity (Wildman–Crippen MR) is 109 cm³/mol. The van der Waals surface area contributed by atoms with Crippen molar-refractivity contribution < 1.29 is 9.59 Å². The molecule has 0 atom stereocenters. The van der Waals surface area contributed by atoms with Crippen LogP contribution in [0, 0.1) is 19.8 Å². The molecule has 0 fully saturated rings. The van der Waals surface area contributed by atoms with Crippen LogP contribution >= 0.6 is 0 Å². The maximum Gasteiger partial charge on any atom is 0.248 e. The lowest BCUT2D eigenvalue weighted by Gasteiger charge is -2.14. The molecule has 0 radical (unpaired) electrons. The van der Waals surface area contributed by atoms with Crippen molar-refractivity contribution in [2.45, 2.75) is 27.7 Å². The summed E-state index contributed by atoms with van der Waals surface area (Å²) in [6.45, 7) is 7.72. The van der Waals surface area contributed by atoms with E-state index in [1.165, 1.54) is 0 Å². The number of nitrogens with one attached hydrogen (secondary N) is 1. The van der Waals surface area contributed by atoms with Gasteiger partial charge in [-0.15, -0.1) is 0 Å². The van der Waals surface area contributed by atoms with Gasteiger partial charge in [-0.2, -0.15) is 0 Å². The summed E-state index contributed by atoms with van der Waals surface area (Å²) in [7, 11) is 0. The van der Waals surface area contributed by atoms with Gasteiger partial charge in [0.15, 0.2) is 0 Å². The predicted octanol–water partition coefficient (Wildman–Crippen LogP) is 4.21. The SMILES string of the molecule is Cc1cc2nc(-c3ccc(C(N)=O)cc3)cc(C)c2cc1NC(=O)C(C)C. The van der Waals surface area contributed by atoms with Crippen LogP contribution in [0.5, 0.6) is 0 Å². The molecule has 0 spiro atoms. The Kier molecular flexibility index (Phi) is 4.95. The Hall–Kier alpha value is -3.21. The maximum absolute atomic E-state index is 12.0. The molecule has 3 rings (SSSR count). The van der Waals surface area contributed by atoms with Gasteiger partial charge < -0.3 is 11.1 Å². The smallest absolute Gasteiger partial charge is 0.248 e. The second-order valence-corrected chi connectivity index (χ2v) is 7.09. The van der Waals surface area contributed by atoms with E-state index in [2.05, 4.69) is 5.32 Å². The summed E-state index contributed by atoms with van der Waals surface area (Å²) in [6.07, 6.45) is 0. The average molecular weight is 361 g/mol. The van der Waals surface area contributed by atoms with Crippen LogP contribution in [-0.4, -0.2) is 16.8 Å². The van der Waals surface area contributed by atoms with Crippen molar-refractivity contribution in [1.82, 2.24) is 4.98 Å². The highest BCUT2D eigenvalue weighted by Gasteiger charge is 2.12. The van der Waals surface area contributed by atoms with Gasteiger partial charge in [0.2, 0.25) is 11.8 Å². The van der Waals surface area contributed by atoms with E-state index in [0.29, 0.717) is 5.56 Å². The van der Waals surface area contributed by atoms with Gasteiger partial charge >= 0.3 is 0 Å². The number of amides is 2. The van der Waals surface area contributed by atoms with Gasteiger partial charge in [-0.05, 0) is 55.3 Å². The van der Waals surface area contributed by atoms with Gasteiger partial charge in [0.05, 0.1) is 11.2 Å². The van der Waals surface area contributed by atoms with Crippen molar-refractivity contribution in [1.29, 1.82) is 0 Å². The zero-order valence-corrected chi connectivity index (χ0v) is 16.0. The van der Waals surface area contributed by atoms with Gasteiger partial charge in [-0.1, -0.05) is 26.0 Å². The minimum absolute atomic E-state index is 0.00535. The van der Waals surface area contributed by atoms with Crippen molar-refractivity contribution in [3.8, 4) is 11.3 Å². The monoisotopic (exact) mass is 361 g/mol. The molecule has 2 aromatic carbocycles. The van der Waals surface area contributed by atoms with Crippen molar-refractivity contribution in [2.75, 3.05) is 5.32 Å². The molecule has 0 saturated carbocycles. The molecular formula is C22H23N3O2. The average Bonchev–Trinajstić information content (AvgIpc) is 2.62. The van der Waals surface area contributed by atoms with Crippen LogP contribution in [-0.2, 0) is 4.79 Å². The van der Waals surface area contributed by atoms with E-state index in [9.17, 15) is 9.59 Å². The minimum atomic E-state index is -0.448. The van der Waals surface area contributed by atoms with Crippen LogP contribution < -0.4 is 11.1 Å². The zero-order chi connectivity index (χ0) is 19.7. The fourth-order valence-corrected chi connectivity index (χ4v) is 2.91. The van der Waals surface area contributed by atoms with Crippen LogP contribution in [0.15, 0.2) is 42.5 Å². The minimum Gasteiger partial charge on any atom is -0.366 e. The van der Waals surface area contributed by atoms with Crippen molar-refractivity contribution in [3.05, 3.63) is 59.2 Å². The molecule has 138 valence electrons. The molecule has 2 amide bonds. The molecule has 5 heteroatoms. The Morgan fingerprint density at radius 2 is 1.67 bits per heavy atom. The molecule has 1 heterocycles. The van der Waals surface area contributed by atoms with Crippen LogP contribution in [0.25, 0.3) is 22.2 Å². The molecule has 0 aliphatic heterocycles. The quantitative estimate of drug-likeness (QED) is 0.730. The number of hydrogen-bond acceptors (Lipinski definition) is 3. The first-order valence-electron chi connectivity index (χ1n) is 8.89. The summed E-state index contributed by atoms with van der Waals surface area (Å²) in [5.74, 6) is -0.532. The molecular weight excluding hydrogens is 338 g/mol. The van der Waals surface area contributed by atoms with Crippen LogP contribution in [0.4, 0.5) is 5.69 Å². The Labute approximate surface area is 158 Å². The normalized spacial score (nSPS) is 11.0. The third kappa shape index (κ3) is 3.82. The molecule has 0 saturated heterocycles. The van der Waals surface area contributed by atoms with Crippen molar-refractivity contribution >= 4 is 28.4 Å². The molecule has 1 aromatic heterocycles. The summed E-state index contributed by atoms with van der Waals surface area (Å²) < 4.78 is 0. The van der Waals surface area contributed by atoms with Gasteiger partial charge in [-0.25, -0.2) is 4.98 Å². The Balaban J connectivity index is 2.04. The number of aryl methyl sites for hydroxylation is 2. The molecule has 5 nitrogen and oxygen atoms in total. The van der Waals surface area contributed by atoms with E-state index in [1.807, 2.05) is 58.0 Å². The van der Waals surface area contributed by atoms with Crippen molar-refractivity contribution in [2.24, 2.45) is 11.7 Å².